The number of likely N-dealkylation sites (tertiary alicyclic amines) is 1. The molecule has 0 aromatic heterocycles. The molecule has 1 fully saturated rings. The van der Waals surface area contributed by atoms with Crippen LogP contribution in [0.3, 0.4) is 0 Å². The van der Waals surface area contributed by atoms with Crippen LogP contribution in [0.25, 0.3) is 0 Å². The lowest BCUT2D eigenvalue weighted by molar-refractivity contribution is 0.0693. The Labute approximate surface area is 202 Å². The summed E-state index contributed by atoms with van der Waals surface area (Å²) in [7, 11) is -2.22. The molecule has 2 aromatic rings. The summed E-state index contributed by atoms with van der Waals surface area (Å²) in [5.74, 6) is 1.28. The number of carbonyl (C=O) groups is 1. The van der Waals surface area contributed by atoms with E-state index in [1.54, 1.807) is 19.2 Å². The van der Waals surface area contributed by atoms with Crippen molar-refractivity contribution in [1.29, 1.82) is 0 Å². The van der Waals surface area contributed by atoms with Crippen molar-refractivity contribution in [2.45, 2.75) is 55.9 Å². The zero-order valence-electron chi connectivity index (χ0n) is 20.1. The molecule has 1 N–H and O–H groups in total. The summed E-state index contributed by atoms with van der Waals surface area (Å²) < 4.78 is 34.8. The first-order valence-corrected chi connectivity index (χ1v) is 14.0. The molecule has 2 aromatic carbocycles. The number of hydrogen-bond donors (Lipinski definition) is 1. The predicted molar refractivity (Wildman–Crippen MR) is 134 cm³/mol. The number of thioether (sulfide) groups is 1. The molecule has 180 valence electrons. The van der Waals surface area contributed by atoms with E-state index in [9.17, 15) is 13.2 Å². The predicted octanol–water partition coefficient (Wildman–Crippen LogP) is 5.03. The van der Waals surface area contributed by atoms with Crippen LogP contribution in [-0.2, 0) is 10.0 Å². The number of methoxy groups -OCH3 is 1. The van der Waals surface area contributed by atoms with Crippen LogP contribution in [0.2, 0.25) is 0 Å². The van der Waals surface area contributed by atoms with E-state index < -0.39 is 10.0 Å². The Kier molecular flexibility index (Phi) is 8.48. The number of hydrogen-bond acceptors (Lipinski definition) is 5. The Balaban J connectivity index is 1.88. The fourth-order valence-electron chi connectivity index (χ4n) is 4.16. The number of nitrogens with one attached hydrogen (secondary N) is 1. The van der Waals surface area contributed by atoms with Crippen molar-refractivity contribution < 1.29 is 17.9 Å². The third-order valence-corrected chi connectivity index (χ3v) is 8.57. The molecule has 0 spiro atoms. The summed E-state index contributed by atoms with van der Waals surface area (Å²) in [5.41, 5.74) is 2.27. The van der Waals surface area contributed by atoms with Crippen molar-refractivity contribution in [3.63, 3.8) is 0 Å². The first-order chi connectivity index (χ1) is 15.7. The lowest BCUT2D eigenvalue weighted by Crippen LogP contribution is -2.38. The van der Waals surface area contributed by atoms with E-state index in [1.165, 1.54) is 17.8 Å². The van der Waals surface area contributed by atoms with Crippen molar-refractivity contribution in [1.82, 2.24) is 9.62 Å². The fourth-order valence-corrected chi connectivity index (χ4v) is 6.07. The molecule has 0 unspecified atom stereocenters. The smallest absolute Gasteiger partial charge is 0.255 e. The maximum Gasteiger partial charge on any atom is 0.255 e. The number of aryl methyl sites for hydroxylation is 1. The zero-order chi connectivity index (χ0) is 24.2. The first-order valence-electron chi connectivity index (χ1n) is 11.3. The van der Waals surface area contributed by atoms with Crippen molar-refractivity contribution >= 4 is 27.7 Å². The van der Waals surface area contributed by atoms with Gasteiger partial charge in [0.1, 0.15) is 5.75 Å². The number of ether oxygens (including phenoxy) is 1. The zero-order valence-corrected chi connectivity index (χ0v) is 21.7. The lowest BCUT2D eigenvalue weighted by atomic mass is 9.98. The highest BCUT2D eigenvalue weighted by atomic mass is 32.2. The summed E-state index contributed by atoms with van der Waals surface area (Å²) in [6.07, 6.45) is 4.43. The third-order valence-electron chi connectivity index (χ3n) is 6.31. The second-order valence-electron chi connectivity index (χ2n) is 8.65. The monoisotopic (exact) mass is 490 g/mol. The molecule has 6 nitrogen and oxygen atoms in total. The van der Waals surface area contributed by atoms with Crippen LogP contribution in [0.1, 0.15) is 60.6 Å². The minimum Gasteiger partial charge on any atom is -0.496 e. The molecular weight excluding hydrogens is 456 g/mol. The van der Waals surface area contributed by atoms with E-state index in [0.717, 1.165) is 34.6 Å². The molecule has 33 heavy (non-hydrogen) atoms. The van der Waals surface area contributed by atoms with E-state index in [1.807, 2.05) is 43.2 Å². The standard InChI is InChI=1S/C25H34N2O4S2/c1-6-22(19-7-9-23(31-4)18(3)15-19)26-33(29,30)20-8-10-24(32-5)21(16-20)25(28)27-13-11-17(2)12-14-27/h7-10,15-17,22,26H,6,11-14H2,1-5H3/t22-/m0/s1. The Morgan fingerprint density at radius 2 is 1.91 bits per heavy atom. The largest absolute Gasteiger partial charge is 0.496 e. The molecule has 1 atom stereocenters. The van der Waals surface area contributed by atoms with Gasteiger partial charge in [0.25, 0.3) is 5.91 Å². The average molecular weight is 491 g/mol. The molecule has 1 amide bonds. The minimum absolute atomic E-state index is 0.0962. The van der Waals surface area contributed by atoms with Crippen molar-refractivity contribution in [3.8, 4) is 5.75 Å². The van der Waals surface area contributed by atoms with Crippen LogP contribution >= 0.6 is 11.8 Å². The van der Waals surface area contributed by atoms with Gasteiger partial charge in [-0.15, -0.1) is 11.8 Å². The maximum atomic E-state index is 13.3. The van der Waals surface area contributed by atoms with Crippen LogP contribution < -0.4 is 9.46 Å². The topological polar surface area (TPSA) is 75.7 Å². The minimum atomic E-state index is -3.83. The molecule has 0 radical (unpaired) electrons. The molecule has 8 heteroatoms. The number of piperidine rings is 1. The highest BCUT2D eigenvalue weighted by Crippen LogP contribution is 2.29. The number of benzene rings is 2. The van der Waals surface area contributed by atoms with Gasteiger partial charge < -0.3 is 9.64 Å². The molecule has 0 aliphatic carbocycles. The van der Waals surface area contributed by atoms with Gasteiger partial charge in [0.05, 0.1) is 17.6 Å². The van der Waals surface area contributed by atoms with E-state index in [4.69, 9.17) is 4.74 Å². The molecule has 1 aliphatic rings. The van der Waals surface area contributed by atoms with Gasteiger partial charge in [0.15, 0.2) is 0 Å². The second-order valence-corrected chi connectivity index (χ2v) is 11.2. The first kappa shape index (κ1) is 25.6. The summed E-state index contributed by atoms with van der Waals surface area (Å²) in [4.78, 5) is 16.0. The second kappa shape index (κ2) is 10.9. The third kappa shape index (κ3) is 5.91. The number of carbonyl (C=O) groups excluding carboxylic acids is 1. The van der Waals surface area contributed by atoms with Crippen LogP contribution in [0, 0.1) is 12.8 Å². The molecule has 1 heterocycles. The number of nitrogens with zero attached hydrogens (tertiary/aromatic N) is 1. The van der Waals surface area contributed by atoms with Crippen molar-refractivity contribution in [3.05, 3.63) is 53.1 Å². The van der Waals surface area contributed by atoms with Crippen LogP contribution in [0.5, 0.6) is 5.75 Å². The number of sulfonamides is 1. The number of rotatable bonds is 8. The summed E-state index contributed by atoms with van der Waals surface area (Å²) in [5, 5.41) is 0. The van der Waals surface area contributed by atoms with Crippen LogP contribution in [-0.4, -0.2) is 45.7 Å². The molecule has 0 saturated carbocycles. The van der Waals surface area contributed by atoms with Gasteiger partial charge >= 0.3 is 0 Å². The van der Waals surface area contributed by atoms with Gasteiger partial charge in [-0.3, -0.25) is 4.79 Å². The lowest BCUT2D eigenvalue weighted by Gasteiger charge is -2.31. The fraction of sp³-hybridized carbons (Fsp3) is 0.480. The highest BCUT2D eigenvalue weighted by molar-refractivity contribution is 7.98. The SMILES string of the molecule is CC[C@H](NS(=O)(=O)c1ccc(SC)c(C(=O)N2CCC(C)CC2)c1)c1ccc(OC)c(C)c1. The Bertz CT molecular complexity index is 1090. The molecular formula is C25H34N2O4S2. The summed E-state index contributed by atoms with van der Waals surface area (Å²) >= 11 is 1.45. The van der Waals surface area contributed by atoms with E-state index in [-0.39, 0.29) is 16.8 Å². The van der Waals surface area contributed by atoms with Crippen LogP contribution in [0.4, 0.5) is 0 Å². The van der Waals surface area contributed by atoms with Gasteiger partial charge in [0, 0.05) is 24.0 Å². The molecule has 0 bridgehead atoms. The van der Waals surface area contributed by atoms with Crippen molar-refractivity contribution in [2.75, 3.05) is 26.5 Å². The van der Waals surface area contributed by atoms with Crippen LogP contribution in [0.15, 0.2) is 46.2 Å². The Morgan fingerprint density at radius 3 is 2.48 bits per heavy atom. The van der Waals surface area contributed by atoms with Gasteiger partial charge in [-0.1, -0.05) is 26.0 Å². The van der Waals surface area contributed by atoms with E-state index in [2.05, 4.69) is 11.6 Å². The van der Waals surface area contributed by atoms with E-state index in [0.29, 0.717) is 31.0 Å². The summed E-state index contributed by atoms with van der Waals surface area (Å²) in [6, 6.07) is 10.1. The summed E-state index contributed by atoms with van der Waals surface area (Å²) in [6.45, 7) is 7.48. The highest BCUT2D eigenvalue weighted by Gasteiger charge is 2.26. The van der Waals surface area contributed by atoms with Crippen molar-refractivity contribution in [2.24, 2.45) is 5.92 Å². The normalized spacial score (nSPS) is 16.0. The van der Waals surface area contributed by atoms with E-state index >= 15 is 0 Å². The number of amides is 1. The quantitative estimate of drug-likeness (QED) is 0.526. The maximum absolute atomic E-state index is 13.3. The Morgan fingerprint density at radius 1 is 1.21 bits per heavy atom. The Hall–Kier alpha value is -2.03. The average Bonchev–Trinajstić information content (AvgIpc) is 2.82. The molecule has 1 aliphatic heterocycles. The molecule has 3 rings (SSSR count). The molecule has 1 saturated heterocycles. The van der Waals surface area contributed by atoms with Gasteiger partial charge in [-0.05, 0) is 73.8 Å². The van der Waals surface area contributed by atoms with Gasteiger partial charge in [-0.2, -0.15) is 0 Å². The van der Waals surface area contributed by atoms with Gasteiger partial charge in [0.2, 0.25) is 10.0 Å². The van der Waals surface area contributed by atoms with Gasteiger partial charge in [-0.25, -0.2) is 13.1 Å².